The lowest BCUT2D eigenvalue weighted by atomic mass is 10.0. The van der Waals surface area contributed by atoms with Gasteiger partial charge in [0.1, 0.15) is 5.82 Å². The van der Waals surface area contributed by atoms with Gasteiger partial charge in [-0.1, -0.05) is 49.6 Å². The maximum atomic E-state index is 14.6. The quantitative estimate of drug-likeness (QED) is 0.351. The van der Waals surface area contributed by atoms with Gasteiger partial charge in [-0.3, -0.25) is 4.79 Å². The fraction of sp³-hybridized carbons (Fsp3) is 0.240. The molecule has 30 heavy (non-hydrogen) atoms. The number of primary amides is 1. The number of hydrogen-bond acceptors (Lipinski definition) is 1. The number of rotatable bonds is 7. The van der Waals surface area contributed by atoms with Crippen LogP contribution >= 0.6 is 11.6 Å². The summed E-state index contributed by atoms with van der Waals surface area (Å²) >= 11 is 6.31. The Balaban J connectivity index is 1.96. The van der Waals surface area contributed by atoms with Crippen LogP contribution in [0.15, 0.2) is 48.5 Å². The fourth-order valence-corrected chi connectivity index (χ4v) is 4.26. The summed E-state index contributed by atoms with van der Waals surface area (Å²) < 4.78 is 16.6. The largest absolute Gasteiger partial charge is 0.366 e. The Morgan fingerprint density at radius 1 is 1.17 bits per heavy atom. The monoisotopic (exact) mass is 421 g/mol. The Morgan fingerprint density at radius 3 is 2.70 bits per heavy atom. The third-order valence-corrected chi connectivity index (χ3v) is 5.92. The van der Waals surface area contributed by atoms with Crippen molar-refractivity contribution in [3.63, 3.8) is 0 Å². The van der Waals surface area contributed by atoms with Crippen LogP contribution in [0.1, 0.15) is 47.7 Å². The molecule has 0 aliphatic carbocycles. The smallest absolute Gasteiger partial charge is 0.249 e. The molecule has 0 unspecified atom stereocenters. The lowest BCUT2D eigenvalue weighted by molar-refractivity contribution is 0.100. The summed E-state index contributed by atoms with van der Waals surface area (Å²) in [5, 5.41) is 1.93. The molecule has 153 valence electrons. The van der Waals surface area contributed by atoms with Gasteiger partial charge in [-0.2, -0.15) is 0 Å². The number of unbranched alkanes of at least 4 members (excludes halogenated alkanes) is 2. The molecule has 1 radical (unpaired) electrons. The van der Waals surface area contributed by atoms with Gasteiger partial charge in [0.2, 0.25) is 5.91 Å². The molecule has 0 fully saturated rings. The fourth-order valence-electron chi connectivity index (χ4n) is 4.04. The van der Waals surface area contributed by atoms with E-state index >= 15 is 0 Å². The van der Waals surface area contributed by atoms with Crippen molar-refractivity contribution in [1.29, 1.82) is 0 Å². The van der Waals surface area contributed by atoms with Crippen molar-refractivity contribution in [2.24, 2.45) is 5.73 Å². The molecule has 0 aliphatic heterocycles. The number of carbonyl (C=O) groups is 1. The highest BCUT2D eigenvalue weighted by Crippen LogP contribution is 2.34. The first-order chi connectivity index (χ1) is 14.5. The highest BCUT2D eigenvalue weighted by Gasteiger charge is 2.18. The third-order valence-electron chi connectivity index (χ3n) is 5.57. The number of fused-ring (bicyclic) bond motifs is 3. The normalized spacial score (nSPS) is 11.4. The lowest BCUT2D eigenvalue weighted by Crippen LogP contribution is -2.11. The Morgan fingerprint density at radius 2 is 1.97 bits per heavy atom. The standard InChI is InChI=1S/C25H23ClFN2O/c1-2-3-4-7-16-12-13-17-23(14-16)29(15-19-20(26)9-6-10-21(19)27)22-11-5-8-18(24(17)22)25(28)30/h5-6,8-12,14H,2-4,7,15H2,1H3,(H2,28,30). The molecule has 1 amide bonds. The molecule has 0 saturated heterocycles. The zero-order valence-corrected chi connectivity index (χ0v) is 17.6. The first kappa shape index (κ1) is 20.4. The molecule has 4 aromatic rings. The van der Waals surface area contributed by atoms with Gasteiger partial charge in [0.25, 0.3) is 0 Å². The molecule has 3 aromatic carbocycles. The van der Waals surface area contributed by atoms with Crippen molar-refractivity contribution in [2.45, 2.75) is 39.2 Å². The van der Waals surface area contributed by atoms with Gasteiger partial charge in [-0.05, 0) is 54.8 Å². The van der Waals surface area contributed by atoms with Crippen LogP contribution in [0, 0.1) is 11.9 Å². The molecule has 2 N–H and O–H groups in total. The molecule has 0 spiro atoms. The molecule has 0 aliphatic rings. The maximum absolute atomic E-state index is 14.6. The van der Waals surface area contributed by atoms with Crippen molar-refractivity contribution in [2.75, 3.05) is 0 Å². The number of halogens is 2. The number of nitrogens with two attached hydrogens (primary N) is 1. The van der Waals surface area contributed by atoms with E-state index in [0.717, 1.165) is 47.5 Å². The van der Waals surface area contributed by atoms with E-state index < -0.39 is 5.91 Å². The minimum absolute atomic E-state index is 0.250. The van der Waals surface area contributed by atoms with Gasteiger partial charge in [0.05, 0.1) is 17.6 Å². The van der Waals surface area contributed by atoms with Crippen LogP contribution in [0.25, 0.3) is 21.8 Å². The lowest BCUT2D eigenvalue weighted by Gasteiger charge is -2.11. The molecule has 0 atom stereocenters. The molecule has 3 nitrogen and oxygen atoms in total. The second kappa shape index (κ2) is 8.49. The van der Waals surface area contributed by atoms with Gasteiger partial charge in [0.15, 0.2) is 0 Å². The van der Waals surface area contributed by atoms with E-state index in [4.69, 9.17) is 17.3 Å². The second-order valence-electron chi connectivity index (χ2n) is 7.58. The Hall–Kier alpha value is -2.85. The summed E-state index contributed by atoms with van der Waals surface area (Å²) in [5.41, 5.74) is 9.37. The van der Waals surface area contributed by atoms with E-state index in [2.05, 4.69) is 19.1 Å². The summed E-state index contributed by atoms with van der Waals surface area (Å²) in [6, 6.07) is 17.6. The highest BCUT2D eigenvalue weighted by atomic mass is 35.5. The number of nitrogens with zero attached hydrogens (tertiary/aromatic N) is 1. The summed E-state index contributed by atoms with van der Waals surface area (Å²) in [6.07, 6.45) is 4.37. The molecule has 1 aromatic heterocycles. The maximum Gasteiger partial charge on any atom is 0.249 e. The number of benzene rings is 3. The Labute approximate surface area is 180 Å². The first-order valence-electron chi connectivity index (χ1n) is 10.2. The van der Waals surface area contributed by atoms with Gasteiger partial charge >= 0.3 is 0 Å². The third kappa shape index (κ3) is 3.68. The van der Waals surface area contributed by atoms with Crippen LogP contribution in [0.2, 0.25) is 5.02 Å². The Bertz CT molecular complexity index is 1220. The predicted molar refractivity (Wildman–Crippen MR) is 121 cm³/mol. The van der Waals surface area contributed by atoms with Crippen LogP contribution in [0.5, 0.6) is 0 Å². The van der Waals surface area contributed by atoms with Crippen molar-refractivity contribution in [3.05, 3.63) is 82.1 Å². The van der Waals surface area contributed by atoms with Crippen molar-refractivity contribution < 1.29 is 9.18 Å². The van der Waals surface area contributed by atoms with Crippen molar-refractivity contribution >= 4 is 39.3 Å². The number of aryl methyl sites for hydroxylation is 1. The molecule has 1 heterocycles. The van der Waals surface area contributed by atoms with Gasteiger partial charge in [-0.15, -0.1) is 0 Å². The first-order valence-corrected chi connectivity index (χ1v) is 10.6. The van der Waals surface area contributed by atoms with E-state index in [0.29, 0.717) is 16.1 Å². The predicted octanol–water partition coefficient (Wildman–Crippen LogP) is 6.27. The van der Waals surface area contributed by atoms with Crippen molar-refractivity contribution in [3.8, 4) is 0 Å². The minimum Gasteiger partial charge on any atom is -0.366 e. The molecule has 5 heteroatoms. The van der Waals surface area contributed by atoms with E-state index in [1.54, 1.807) is 24.3 Å². The minimum atomic E-state index is -0.496. The Kier molecular flexibility index (Phi) is 5.78. The summed E-state index contributed by atoms with van der Waals surface area (Å²) in [6.45, 7) is 2.43. The van der Waals surface area contributed by atoms with Crippen LogP contribution in [-0.4, -0.2) is 10.5 Å². The number of amides is 1. The van der Waals surface area contributed by atoms with Crippen LogP contribution in [0.4, 0.5) is 4.39 Å². The van der Waals surface area contributed by atoms with Crippen LogP contribution in [-0.2, 0) is 13.0 Å². The van der Waals surface area contributed by atoms with Crippen LogP contribution < -0.4 is 5.73 Å². The van der Waals surface area contributed by atoms with E-state index in [9.17, 15) is 9.18 Å². The summed E-state index contributed by atoms with van der Waals surface area (Å²) in [5.74, 6) is -0.851. The van der Waals surface area contributed by atoms with Gasteiger partial charge < -0.3 is 10.3 Å². The highest BCUT2D eigenvalue weighted by molar-refractivity contribution is 6.31. The summed E-state index contributed by atoms with van der Waals surface area (Å²) in [4.78, 5) is 12.1. The molecular formula is C25H23ClFN2O. The van der Waals surface area contributed by atoms with Gasteiger partial charge in [-0.25, -0.2) is 4.39 Å². The molecule has 0 saturated carbocycles. The van der Waals surface area contributed by atoms with Crippen molar-refractivity contribution in [1.82, 2.24) is 4.57 Å². The van der Waals surface area contributed by atoms with Crippen LogP contribution in [0.3, 0.4) is 0 Å². The molecule has 0 bridgehead atoms. The molecule has 4 rings (SSSR count). The number of hydrogen-bond donors (Lipinski definition) is 1. The zero-order valence-electron chi connectivity index (χ0n) is 16.8. The van der Waals surface area contributed by atoms with E-state index in [1.807, 2.05) is 16.7 Å². The molecular weight excluding hydrogens is 399 g/mol. The number of carbonyl (C=O) groups excluding carboxylic acids is 1. The van der Waals surface area contributed by atoms with E-state index in [-0.39, 0.29) is 12.4 Å². The average molecular weight is 422 g/mol. The number of aromatic nitrogens is 1. The zero-order chi connectivity index (χ0) is 21.3. The second-order valence-corrected chi connectivity index (χ2v) is 7.98. The van der Waals surface area contributed by atoms with E-state index in [1.165, 1.54) is 11.6 Å². The van der Waals surface area contributed by atoms with Gasteiger partial charge in [0, 0.05) is 26.9 Å². The topological polar surface area (TPSA) is 48.0 Å². The SMILES string of the molecule is CCCCCc1c[c]c2c3c(C(N)=O)cccc3n(Cc3c(F)cccc3Cl)c2c1. The average Bonchev–Trinajstić information content (AvgIpc) is 3.04. The summed E-state index contributed by atoms with van der Waals surface area (Å²) in [7, 11) is 0.